The number of carbonyl (C=O) groups excluding carboxylic acids is 1. The zero-order valence-corrected chi connectivity index (χ0v) is 13.9. The Morgan fingerprint density at radius 2 is 1.59 bits per heavy atom. The van der Waals surface area contributed by atoms with Crippen LogP contribution >= 0.6 is 0 Å². The van der Waals surface area contributed by atoms with Crippen molar-refractivity contribution in [2.24, 2.45) is 0 Å². The molecule has 0 aliphatic heterocycles. The van der Waals surface area contributed by atoms with Crippen LogP contribution in [0.25, 0.3) is 0 Å². The zero-order chi connectivity index (χ0) is 16.3. The molecule has 1 unspecified atom stereocenters. The number of amides is 1. The molecule has 2 N–H and O–H groups in total. The minimum Gasteiger partial charge on any atom is -0.374 e. The molecule has 3 nitrogen and oxygen atoms in total. The van der Waals surface area contributed by atoms with Crippen molar-refractivity contribution in [3.8, 4) is 0 Å². The number of carbonyl (C=O) groups is 1. The van der Waals surface area contributed by atoms with Crippen molar-refractivity contribution in [3.63, 3.8) is 0 Å². The van der Waals surface area contributed by atoms with Crippen LogP contribution in [-0.2, 0) is 4.79 Å². The fraction of sp³-hybridized carbons (Fsp3) is 0.316. The van der Waals surface area contributed by atoms with Gasteiger partial charge in [0, 0.05) is 11.4 Å². The average molecular weight is 296 g/mol. The molecular formula is C19H24N2O. The van der Waals surface area contributed by atoms with Gasteiger partial charge in [0.15, 0.2) is 0 Å². The molecule has 0 aliphatic rings. The molecule has 0 aromatic heterocycles. The largest absolute Gasteiger partial charge is 0.374 e. The van der Waals surface area contributed by atoms with Crippen molar-refractivity contribution in [2.75, 3.05) is 10.6 Å². The molecule has 1 amide bonds. The lowest BCUT2D eigenvalue weighted by Crippen LogP contribution is -2.32. The number of hydrogen-bond acceptors (Lipinski definition) is 2. The van der Waals surface area contributed by atoms with Gasteiger partial charge in [0.2, 0.25) is 5.91 Å². The number of benzene rings is 2. The summed E-state index contributed by atoms with van der Waals surface area (Å²) in [5.41, 5.74) is 6.50. The van der Waals surface area contributed by atoms with E-state index in [1.165, 1.54) is 11.1 Å². The highest BCUT2D eigenvalue weighted by atomic mass is 16.2. The third kappa shape index (κ3) is 3.88. The topological polar surface area (TPSA) is 41.1 Å². The summed E-state index contributed by atoms with van der Waals surface area (Å²) in [5, 5.41) is 6.25. The lowest BCUT2D eigenvalue weighted by atomic mass is 10.1. The van der Waals surface area contributed by atoms with Crippen molar-refractivity contribution in [3.05, 3.63) is 58.7 Å². The Morgan fingerprint density at radius 3 is 2.27 bits per heavy atom. The Bertz CT molecular complexity index is 692. The molecule has 0 saturated heterocycles. The fourth-order valence-corrected chi connectivity index (χ4v) is 2.26. The summed E-state index contributed by atoms with van der Waals surface area (Å²) in [6.07, 6.45) is 0. The lowest BCUT2D eigenvalue weighted by molar-refractivity contribution is -0.116. The van der Waals surface area contributed by atoms with Crippen LogP contribution in [0.3, 0.4) is 0 Å². The van der Waals surface area contributed by atoms with Crippen LogP contribution in [0, 0.1) is 27.7 Å². The summed E-state index contributed by atoms with van der Waals surface area (Å²) in [7, 11) is 0. The minimum absolute atomic E-state index is 0.0353. The molecule has 0 heterocycles. The highest BCUT2D eigenvalue weighted by Crippen LogP contribution is 2.18. The van der Waals surface area contributed by atoms with Gasteiger partial charge >= 0.3 is 0 Å². The average Bonchev–Trinajstić information content (AvgIpc) is 2.46. The van der Waals surface area contributed by atoms with E-state index < -0.39 is 0 Å². The Kier molecular flexibility index (Phi) is 4.86. The Morgan fingerprint density at radius 1 is 0.909 bits per heavy atom. The number of anilines is 2. The first-order valence-electron chi connectivity index (χ1n) is 7.58. The lowest BCUT2D eigenvalue weighted by Gasteiger charge is -2.17. The summed E-state index contributed by atoms with van der Waals surface area (Å²) < 4.78 is 0. The maximum atomic E-state index is 12.4. The quantitative estimate of drug-likeness (QED) is 0.880. The number of aryl methyl sites for hydroxylation is 4. The molecular weight excluding hydrogens is 272 g/mol. The summed E-state index contributed by atoms with van der Waals surface area (Å²) >= 11 is 0. The van der Waals surface area contributed by atoms with Crippen LogP contribution in [0.2, 0.25) is 0 Å². The predicted molar refractivity (Wildman–Crippen MR) is 93.5 cm³/mol. The molecule has 22 heavy (non-hydrogen) atoms. The van der Waals surface area contributed by atoms with Crippen LogP contribution in [0.15, 0.2) is 36.4 Å². The van der Waals surface area contributed by atoms with Gasteiger partial charge in [0.1, 0.15) is 6.04 Å². The molecule has 0 spiro atoms. The molecule has 0 bridgehead atoms. The summed E-state index contributed by atoms with van der Waals surface area (Å²) in [4.78, 5) is 12.4. The van der Waals surface area contributed by atoms with Crippen molar-refractivity contribution < 1.29 is 4.79 Å². The fourth-order valence-electron chi connectivity index (χ4n) is 2.26. The zero-order valence-electron chi connectivity index (χ0n) is 13.9. The normalized spacial score (nSPS) is 11.9. The van der Waals surface area contributed by atoms with E-state index in [1.807, 2.05) is 45.0 Å². The van der Waals surface area contributed by atoms with E-state index in [1.54, 1.807) is 0 Å². The van der Waals surface area contributed by atoms with Crippen LogP contribution in [0.1, 0.15) is 29.2 Å². The Hall–Kier alpha value is -2.29. The molecule has 2 aromatic rings. The highest BCUT2D eigenvalue weighted by molar-refractivity contribution is 5.96. The van der Waals surface area contributed by atoms with Gasteiger partial charge in [0.25, 0.3) is 0 Å². The maximum Gasteiger partial charge on any atom is 0.246 e. The summed E-state index contributed by atoms with van der Waals surface area (Å²) in [5.74, 6) is -0.0353. The maximum absolute atomic E-state index is 12.4. The first kappa shape index (κ1) is 16.1. The highest BCUT2D eigenvalue weighted by Gasteiger charge is 2.14. The van der Waals surface area contributed by atoms with Gasteiger partial charge in [0.05, 0.1) is 0 Å². The molecule has 0 fully saturated rings. The third-order valence-electron chi connectivity index (χ3n) is 3.93. The second kappa shape index (κ2) is 6.65. The second-order valence-corrected chi connectivity index (χ2v) is 5.97. The van der Waals surface area contributed by atoms with Crippen LogP contribution in [0.4, 0.5) is 11.4 Å². The van der Waals surface area contributed by atoms with E-state index in [9.17, 15) is 4.79 Å². The van der Waals surface area contributed by atoms with Gasteiger partial charge < -0.3 is 10.6 Å². The number of hydrogen-bond donors (Lipinski definition) is 2. The van der Waals surface area contributed by atoms with Crippen molar-refractivity contribution >= 4 is 17.3 Å². The van der Waals surface area contributed by atoms with Gasteiger partial charge in [-0.2, -0.15) is 0 Å². The molecule has 2 rings (SSSR count). The summed E-state index contributed by atoms with van der Waals surface area (Å²) in [6, 6.07) is 11.9. The van der Waals surface area contributed by atoms with Crippen LogP contribution < -0.4 is 10.6 Å². The van der Waals surface area contributed by atoms with E-state index in [-0.39, 0.29) is 11.9 Å². The molecule has 0 saturated carbocycles. The Labute approximate surface area is 132 Å². The predicted octanol–water partition coefficient (Wildman–Crippen LogP) is 4.36. The molecule has 116 valence electrons. The minimum atomic E-state index is -0.304. The first-order valence-corrected chi connectivity index (χ1v) is 7.58. The first-order chi connectivity index (χ1) is 10.4. The monoisotopic (exact) mass is 296 g/mol. The van der Waals surface area contributed by atoms with Crippen LogP contribution in [-0.4, -0.2) is 11.9 Å². The number of rotatable bonds is 4. The van der Waals surface area contributed by atoms with E-state index in [0.29, 0.717) is 0 Å². The van der Waals surface area contributed by atoms with E-state index in [2.05, 4.69) is 36.6 Å². The van der Waals surface area contributed by atoms with Crippen LogP contribution in [0.5, 0.6) is 0 Å². The van der Waals surface area contributed by atoms with Gasteiger partial charge in [-0.3, -0.25) is 4.79 Å². The van der Waals surface area contributed by atoms with Crippen molar-refractivity contribution in [2.45, 2.75) is 40.7 Å². The van der Waals surface area contributed by atoms with E-state index in [4.69, 9.17) is 0 Å². The Balaban J connectivity index is 2.05. The van der Waals surface area contributed by atoms with E-state index >= 15 is 0 Å². The SMILES string of the molecule is Cc1ccc(C)c(NC(=O)C(C)Nc2ccc(C)c(C)c2)c1. The van der Waals surface area contributed by atoms with E-state index in [0.717, 1.165) is 22.5 Å². The molecule has 1 atom stereocenters. The summed E-state index contributed by atoms with van der Waals surface area (Å²) in [6.45, 7) is 10.0. The van der Waals surface area contributed by atoms with Gasteiger partial charge in [-0.15, -0.1) is 0 Å². The smallest absolute Gasteiger partial charge is 0.246 e. The molecule has 0 aliphatic carbocycles. The second-order valence-electron chi connectivity index (χ2n) is 5.97. The molecule has 0 radical (unpaired) electrons. The van der Waals surface area contributed by atoms with Gasteiger partial charge in [-0.05, 0) is 75.1 Å². The molecule has 2 aromatic carbocycles. The van der Waals surface area contributed by atoms with Crippen molar-refractivity contribution in [1.82, 2.24) is 0 Å². The van der Waals surface area contributed by atoms with Gasteiger partial charge in [-0.25, -0.2) is 0 Å². The molecule has 3 heteroatoms. The number of nitrogens with one attached hydrogen (secondary N) is 2. The third-order valence-corrected chi connectivity index (χ3v) is 3.93. The van der Waals surface area contributed by atoms with Crippen molar-refractivity contribution in [1.29, 1.82) is 0 Å². The van der Waals surface area contributed by atoms with Gasteiger partial charge in [-0.1, -0.05) is 18.2 Å². The standard InChI is InChI=1S/C19H24N2O/c1-12-6-7-14(3)18(10-12)21-19(22)16(5)20-17-9-8-13(2)15(4)11-17/h6-11,16,20H,1-5H3,(H,21,22).